The van der Waals surface area contributed by atoms with E-state index in [1.807, 2.05) is 0 Å². The molecule has 0 aliphatic carbocycles. The summed E-state index contributed by atoms with van der Waals surface area (Å²) >= 11 is 0. The Kier molecular flexibility index (Phi) is 4.98. The SMILES string of the molecule is O=C(Cc1ccccc1F)Nc1ccc(NC2CCS(=O)(=O)C2)nc1. The van der Waals surface area contributed by atoms with E-state index >= 15 is 0 Å². The molecular weight excluding hydrogens is 345 g/mol. The van der Waals surface area contributed by atoms with Crippen molar-refractivity contribution in [2.45, 2.75) is 18.9 Å². The number of hydrogen-bond acceptors (Lipinski definition) is 5. The minimum atomic E-state index is -2.95. The standard InChI is InChI=1S/C17H18FN3O3S/c18-15-4-2-1-3-12(15)9-17(22)21-13-5-6-16(19-10-13)20-14-7-8-25(23,24)11-14/h1-6,10,14H,7-9,11H2,(H,19,20)(H,21,22). The minimum Gasteiger partial charge on any atom is -0.366 e. The van der Waals surface area contributed by atoms with E-state index in [1.54, 1.807) is 30.3 Å². The average molecular weight is 363 g/mol. The van der Waals surface area contributed by atoms with Gasteiger partial charge in [-0.25, -0.2) is 17.8 Å². The normalized spacial score (nSPS) is 18.7. The maximum absolute atomic E-state index is 13.5. The Hall–Kier alpha value is -2.48. The summed E-state index contributed by atoms with van der Waals surface area (Å²) in [6.07, 6.45) is 1.97. The number of hydrogen-bond donors (Lipinski definition) is 2. The maximum Gasteiger partial charge on any atom is 0.228 e. The van der Waals surface area contributed by atoms with Gasteiger partial charge in [-0.05, 0) is 30.2 Å². The largest absolute Gasteiger partial charge is 0.366 e. The van der Waals surface area contributed by atoms with Crippen molar-refractivity contribution in [3.63, 3.8) is 0 Å². The Morgan fingerprint density at radius 3 is 2.68 bits per heavy atom. The summed E-state index contributed by atoms with van der Waals surface area (Å²) in [5, 5.41) is 5.73. The van der Waals surface area contributed by atoms with Crippen LogP contribution in [-0.4, -0.2) is 36.9 Å². The number of sulfone groups is 1. The molecule has 2 N–H and O–H groups in total. The molecule has 1 amide bonds. The first kappa shape index (κ1) is 17.3. The number of carbonyl (C=O) groups is 1. The average Bonchev–Trinajstić information content (AvgIpc) is 2.90. The second-order valence-electron chi connectivity index (χ2n) is 5.99. The molecule has 1 aliphatic heterocycles. The van der Waals surface area contributed by atoms with E-state index in [0.717, 1.165) is 0 Å². The lowest BCUT2D eigenvalue weighted by atomic mass is 10.1. The number of rotatable bonds is 5. The lowest BCUT2D eigenvalue weighted by molar-refractivity contribution is -0.115. The summed E-state index contributed by atoms with van der Waals surface area (Å²) < 4.78 is 36.4. The zero-order chi connectivity index (χ0) is 17.9. The number of amides is 1. The van der Waals surface area contributed by atoms with E-state index in [2.05, 4.69) is 15.6 Å². The lowest BCUT2D eigenvalue weighted by Gasteiger charge is -2.12. The van der Waals surface area contributed by atoms with Gasteiger partial charge in [0.1, 0.15) is 11.6 Å². The van der Waals surface area contributed by atoms with Crippen LogP contribution in [0.2, 0.25) is 0 Å². The number of carbonyl (C=O) groups excluding carboxylic acids is 1. The molecule has 1 fully saturated rings. The third kappa shape index (κ3) is 4.76. The summed E-state index contributed by atoms with van der Waals surface area (Å²) in [6.45, 7) is 0. The second-order valence-corrected chi connectivity index (χ2v) is 8.22. The molecule has 2 heterocycles. The zero-order valence-electron chi connectivity index (χ0n) is 13.4. The predicted molar refractivity (Wildman–Crippen MR) is 93.7 cm³/mol. The number of nitrogens with one attached hydrogen (secondary N) is 2. The molecule has 0 spiro atoms. The summed E-state index contributed by atoms with van der Waals surface area (Å²) in [7, 11) is -2.95. The topological polar surface area (TPSA) is 88.2 Å². The van der Waals surface area contributed by atoms with Gasteiger partial charge in [-0.15, -0.1) is 0 Å². The van der Waals surface area contributed by atoms with Crippen molar-refractivity contribution >= 4 is 27.2 Å². The maximum atomic E-state index is 13.5. The smallest absolute Gasteiger partial charge is 0.228 e. The molecule has 8 heteroatoms. The summed E-state index contributed by atoms with van der Waals surface area (Å²) in [4.78, 5) is 16.2. The third-order valence-corrected chi connectivity index (χ3v) is 5.71. The van der Waals surface area contributed by atoms with Crippen molar-refractivity contribution in [3.8, 4) is 0 Å². The van der Waals surface area contributed by atoms with E-state index in [9.17, 15) is 17.6 Å². The van der Waals surface area contributed by atoms with Crippen LogP contribution in [-0.2, 0) is 21.1 Å². The van der Waals surface area contributed by atoms with Crippen molar-refractivity contribution < 1.29 is 17.6 Å². The molecule has 1 atom stereocenters. The van der Waals surface area contributed by atoms with Crippen LogP contribution in [0.4, 0.5) is 15.9 Å². The molecule has 2 aromatic rings. The van der Waals surface area contributed by atoms with E-state index in [0.29, 0.717) is 23.5 Å². The second kappa shape index (κ2) is 7.18. The third-order valence-electron chi connectivity index (χ3n) is 3.94. The van der Waals surface area contributed by atoms with Crippen molar-refractivity contribution in [2.75, 3.05) is 22.1 Å². The number of nitrogens with zero attached hydrogens (tertiary/aromatic N) is 1. The Balaban J connectivity index is 1.55. The number of aromatic nitrogens is 1. The van der Waals surface area contributed by atoms with Crippen molar-refractivity contribution in [3.05, 3.63) is 54.0 Å². The van der Waals surface area contributed by atoms with Crippen LogP contribution in [0.3, 0.4) is 0 Å². The van der Waals surface area contributed by atoms with Crippen LogP contribution in [0.5, 0.6) is 0 Å². The van der Waals surface area contributed by atoms with Crippen molar-refractivity contribution in [1.82, 2.24) is 4.98 Å². The first-order valence-electron chi connectivity index (χ1n) is 7.87. The molecule has 1 aliphatic rings. The van der Waals surface area contributed by atoms with Gasteiger partial charge in [0.25, 0.3) is 0 Å². The fourth-order valence-corrected chi connectivity index (χ4v) is 4.36. The molecule has 132 valence electrons. The molecule has 1 aromatic carbocycles. The van der Waals surface area contributed by atoms with Gasteiger partial charge < -0.3 is 10.6 Å². The zero-order valence-corrected chi connectivity index (χ0v) is 14.2. The van der Waals surface area contributed by atoms with Crippen LogP contribution in [0.1, 0.15) is 12.0 Å². The van der Waals surface area contributed by atoms with Gasteiger partial charge in [0.2, 0.25) is 5.91 Å². The molecule has 1 aromatic heterocycles. The Morgan fingerprint density at radius 2 is 2.04 bits per heavy atom. The van der Waals surface area contributed by atoms with Crippen LogP contribution in [0.15, 0.2) is 42.6 Å². The van der Waals surface area contributed by atoms with Gasteiger partial charge >= 0.3 is 0 Å². The van der Waals surface area contributed by atoms with Gasteiger partial charge in [0.05, 0.1) is 29.8 Å². The fourth-order valence-electron chi connectivity index (χ4n) is 2.69. The number of benzene rings is 1. The highest BCUT2D eigenvalue weighted by atomic mass is 32.2. The first-order chi connectivity index (χ1) is 11.9. The van der Waals surface area contributed by atoms with Gasteiger partial charge in [-0.3, -0.25) is 4.79 Å². The first-order valence-corrected chi connectivity index (χ1v) is 9.70. The molecular formula is C17H18FN3O3S. The highest BCUT2D eigenvalue weighted by Crippen LogP contribution is 2.17. The Bertz CT molecular complexity index is 869. The minimum absolute atomic E-state index is 0.0629. The highest BCUT2D eigenvalue weighted by Gasteiger charge is 2.27. The Labute approximate surface area is 145 Å². The van der Waals surface area contributed by atoms with Gasteiger partial charge in [0.15, 0.2) is 9.84 Å². The highest BCUT2D eigenvalue weighted by molar-refractivity contribution is 7.91. The van der Waals surface area contributed by atoms with Crippen molar-refractivity contribution in [1.29, 1.82) is 0 Å². The van der Waals surface area contributed by atoms with E-state index < -0.39 is 15.7 Å². The van der Waals surface area contributed by atoms with Crippen molar-refractivity contribution in [2.24, 2.45) is 0 Å². The molecule has 6 nitrogen and oxygen atoms in total. The number of anilines is 2. The van der Waals surface area contributed by atoms with Crippen LogP contribution in [0.25, 0.3) is 0 Å². The predicted octanol–water partition coefficient (Wildman–Crippen LogP) is 2.00. The molecule has 0 saturated carbocycles. The Morgan fingerprint density at radius 1 is 1.24 bits per heavy atom. The molecule has 1 unspecified atom stereocenters. The van der Waals surface area contributed by atoms with Gasteiger partial charge in [-0.2, -0.15) is 0 Å². The van der Waals surface area contributed by atoms with Gasteiger partial charge in [0, 0.05) is 6.04 Å². The summed E-state index contributed by atoms with van der Waals surface area (Å²) in [6, 6.07) is 9.32. The lowest BCUT2D eigenvalue weighted by Crippen LogP contribution is -2.21. The quantitative estimate of drug-likeness (QED) is 0.848. The van der Waals surface area contributed by atoms with Crippen LogP contribution >= 0.6 is 0 Å². The molecule has 25 heavy (non-hydrogen) atoms. The summed E-state index contributed by atoms with van der Waals surface area (Å²) in [5.41, 5.74) is 0.819. The molecule has 0 bridgehead atoms. The van der Waals surface area contributed by atoms with Crippen LogP contribution in [0, 0.1) is 5.82 Å². The molecule has 3 rings (SSSR count). The summed E-state index contributed by atoms with van der Waals surface area (Å²) in [5.74, 6) is 0.0931. The van der Waals surface area contributed by atoms with E-state index in [1.165, 1.54) is 12.3 Å². The van der Waals surface area contributed by atoms with Crippen LogP contribution < -0.4 is 10.6 Å². The van der Waals surface area contributed by atoms with E-state index in [-0.39, 0.29) is 29.9 Å². The monoisotopic (exact) mass is 363 g/mol. The number of pyridine rings is 1. The van der Waals surface area contributed by atoms with E-state index in [4.69, 9.17) is 0 Å². The fraction of sp³-hybridized carbons (Fsp3) is 0.294. The van der Waals surface area contributed by atoms with Gasteiger partial charge in [-0.1, -0.05) is 18.2 Å². The number of halogens is 1. The molecule has 1 saturated heterocycles. The molecule has 0 radical (unpaired) electrons.